The average Bonchev–Trinajstić information content (AvgIpc) is 2.29. The molecule has 0 saturated heterocycles. The van der Waals surface area contributed by atoms with Crippen LogP contribution in [0.1, 0.15) is 18.0 Å². The van der Waals surface area contributed by atoms with E-state index in [2.05, 4.69) is 0 Å². The molecule has 0 saturated carbocycles. The monoisotopic (exact) mass is 278 g/mol. The van der Waals surface area contributed by atoms with E-state index in [9.17, 15) is 15.2 Å². The van der Waals surface area contributed by atoms with E-state index >= 15 is 0 Å². The number of phenols is 1. The number of aromatic hydroxyl groups is 1. The molecule has 1 aromatic rings. The third kappa shape index (κ3) is 3.46. The molecule has 1 aromatic carbocycles. The molecule has 1 rings (SSSR count). The second kappa shape index (κ2) is 7.00. The Bertz CT molecular complexity index is 427. The summed E-state index contributed by atoms with van der Waals surface area (Å²) in [5.41, 5.74) is 5.67. The summed E-state index contributed by atoms with van der Waals surface area (Å²) in [7, 11) is 1.29. The van der Waals surface area contributed by atoms with Gasteiger partial charge in [0.05, 0.1) is 18.1 Å². The van der Waals surface area contributed by atoms with E-state index in [1.54, 1.807) is 0 Å². The number of ether oxygens (including phenoxy) is 1. The Kier molecular flexibility index (Phi) is 6.39. The maximum Gasteiger partial charge on any atom is 0.273 e. The lowest BCUT2D eigenvalue weighted by atomic mass is 10.0. The Labute approximate surface area is 110 Å². The smallest absolute Gasteiger partial charge is 0.273 e. The largest absolute Gasteiger partial charge is 0.504 e. The van der Waals surface area contributed by atoms with E-state index in [1.165, 1.54) is 13.2 Å². The molecule has 0 heterocycles. The van der Waals surface area contributed by atoms with Crippen LogP contribution in [0.15, 0.2) is 12.1 Å². The quantitative estimate of drug-likeness (QED) is 0.548. The molecule has 0 bridgehead atoms. The van der Waals surface area contributed by atoms with E-state index in [0.29, 0.717) is 0 Å². The highest BCUT2D eigenvalue weighted by molar-refractivity contribution is 5.85. The Hall–Kier alpha value is -1.57. The summed E-state index contributed by atoms with van der Waals surface area (Å²) in [6, 6.07) is 1.61. The molecule has 8 heteroatoms. The molecule has 1 unspecified atom stereocenters. The van der Waals surface area contributed by atoms with Crippen LogP contribution in [0, 0.1) is 10.1 Å². The summed E-state index contributed by atoms with van der Waals surface area (Å²) >= 11 is 0. The lowest BCUT2D eigenvalue weighted by molar-refractivity contribution is -0.385. The minimum absolute atomic E-state index is 0. The second-order valence-electron chi connectivity index (χ2n) is 3.46. The molecule has 0 aromatic heterocycles. The van der Waals surface area contributed by atoms with Crippen molar-refractivity contribution in [2.24, 2.45) is 5.73 Å². The Morgan fingerprint density at radius 1 is 1.56 bits per heavy atom. The summed E-state index contributed by atoms with van der Waals surface area (Å²) < 4.78 is 4.83. The zero-order chi connectivity index (χ0) is 13.0. The molecule has 0 amide bonds. The number of aliphatic hydroxyl groups is 1. The molecule has 0 radical (unpaired) electrons. The minimum Gasteiger partial charge on any atom is -0.504 e. The SMILES string of the molecule is COc1cc([N+](=O)[O-])cc(C(N)CCO)c1O.Cl. The van der Waals surface area contributed by atoms with Crippen LogP contribution in [-0.4, -0.2) is 28.9 Å². The van der Waals surface area contributed by atoms with Gasteiger partial charge in [-0.3, -0.25) is 10.1 Å². The molecule has 0 spiro atoms. The van der Waals surface area contributed by atoms with Crippen LogP contribution < -0.4 is 10.5 Å². The lowest BCUT2D eigenvalue weighted by Gasteiger charge is -2.14. The summed E-state index contributed by atoms with van der Waals surface area (Å²) in [6.45, 7) is -0.175. The molecule has 4 N–H and O–H groups in total. The van der Waals surface area contributed by atoms with E-state index in [0.717, 1.165) is 6.07 Å². The zero-order valence-electron chi connectivity index (χ0n) is 9.70. The van der Waals surface area contributed by atoms with Gasteiger partial charge in [0, 0.05) is 24.3 Å². The third-order valence-electron chi connectivity index (χ3n) is 2.36. The van der Waals surface area contributed by atoms with Crippen molar-refractivity contribution in [2.75, 3.05) is 13.7 Å². The van der Waals surface area contributed by atoms with Crippen molar-refractivity contribution >= 4 is 18.1 Å². The summed E-state index contributed by atoms with van der Waals surface area (Å²) in [5, 5.41) is 29.2. The maximum absolute atomic E-state index is 10.7. The maximum atomic E-state index is 10.7. The summed E-state index contributed by atoms with van der Waals surface area (Å²) in [5.74, 6) is -0.248. The molecule has 0 fully saturated rings. The molecule has 1 atom stereocenters. The van der Waals surface area contributed by atoms with Crippen molar-refractivity contribution in [1.82, 2.24) is 0 Å². The van der Waals surface area contributed by atoms with Gasteiger partial charge in [-0.15, -0.1) is 12.4 Å². The van der Waals surface area contributed by atoms with Gasteiger partial charge in [0.15, 0.2) is 11.5 Å². The first-order valence-corrected chi connectivity index (χ1v) is 4.93. The molecule has 0 aliphatic heterocycles. The van der Waals surface area contributed by atoms with Crippen molar-refractivity contribution in [3.8, 4) is 11.5 Å². The molecular formula is C10H15ClN2O5. The lowest BCUT2D eigenvalue weighted by Crippen LogP contribution is -2.12. The fraction of sp³-hybridized carbons (Fsp3) is 0.400. The topological polar surface area (TPSA) is 119 Å². The van der Waals surface area contributed by atoms with E-state index in [1.807, 2.05) is 0 Å². The van der Waals surface area contributed by atoms with Crippen LogP contribution in [-0.2, 0) is 0 Å². The van der Waals surface area contributed by atoms with Crippen LogP contribution in [0.3, 0.4) is 0 Å². The highest BCUT2D eigenvalue weighted by Gasteiger charge is 2.20. The Morgan fingerprint density at radius 2 is 2.17 bits per heavy atom. The first-order chi connectivity index (χ1) is 8.01. The molecule has 102 valence electrons. The van der Waals surface area contributed by atoms with Crippen LogP contribution in [0.5, 0.6) is 11.5 Å². The fourth-order valence-corrected chi connectivity index (χ4v) is 1.45. The number of halogens is 1. The number of aliphatic hydroxyl groups excluding tert-OH is 1. The molecule has 0 aliphatic carbocycles. The van der Waals surface area contributed by atoms with Crippen molar-refractivity contribution in [3.63, 3.8) is 0 Å². The highest BCUT2D eigenvalue weighted by Crippen LogP contribution is 2.37. The average molecular weight is 279 g/mol. The van der Waals surface area contributed by atoms with Gasteiger partial charge in [-0.25, -0.2) is 0 Å². The van der Waals surface area contributed by atoms with Gasteiger partial charge in [-0.2, -0.15) is 0 Å². The molecule has 18 heavy (non-hydrogen) atoms. The highest BCUT2D eigenvalue weighted by atomic mass is 35.5. The van der Waals surface area contributed by atoms with Crippen molar-refractivity contribution < 1.29 is 19.9 Å². The van der Waals surface area contributed by atoms with Crippen molar-refractivity contribution in [1.29, 1.82) is 0 Å². The number of phenolic OH excluding ortho intramolecular Hbond substituents is 1. The van der Waals surface area contributed by atoms with Crippen molar-refractivity contribution in [2.45, 2.75) is 12.5 Å². The van der Waals surface area contributed by atoms with Gasteiger partial charge in [0.1, 0.15) is 0 Å². The van der Waals surface area contributed by atoms with Crippen LogP contribution in [0.2, 0.25) is 0 Å². The third-order valence-corrected chi connectivity index (χ3v) is 2.36. The van der Waals surface area contributed by atoms with E-state index in [4.69, 9.17) is 15.6 Å². The first kappa shape index (κ1) is 16.4. The number of benzene rings is 1. The van der Waals surface area contributed by atoms with Gasteiger partial charge >= 0.3 is 0 Å². The van der Waals surface area contributed by atoms with Gasteiger partial charge < -0.3 is 20.7 Å². The number of hydrogen-bond acceptors (Lipinski definition) is 6. The number of hydrogen-bond donors (Lipinski definition) is 3. The number of nitro benzene ring substituents is 1. The summed E-state index contributed by atoms with van der Waals surface area (Å²) in [6.07, 6.45) is 0.192. The van der Waals surface area contributed by atoms with Gasteiger partial charge in [0.2, 0.25) is 0 Å². The van der Waals surface area contributed by atoms with Crippen LogP contribution >= 0.6 is 12.4 Å². The summed E-state index contributed by atoms with van der Waals surface area (Å²) in [4.78, 5) is 10.1. The van der Waals surface area contributed by atoms with Crippen molar-refractivity contribution in [3.05, 3.63) is 27.8 Å². The van der Waals surface area contributed by atoms with Crippen LogP contribution in [0.4, 0.5) is 5.69 Å². The zero-order valence-corrected chi connectivity index (χ0v) is 10.5. The molecular weight excluding hydrogens is 264 g/mol. The number of methoxy groups -OCH3 is 1. The van der Waals surface area contributed by atoms with Gasteiger partial charge in [-0.1, -0.05) is 0 Å². The minimum atomic E-state index is -0.686. The van der Waals surface area contributed by atoms with Gasteiger partial charge in [0.25, 0.3) is 5.69 Å². The number of nitrogens with two attached hydrogens (primary N) is 1. The Balaban J connectivity index is 0.00000289. The number of nitro groups is 1. The van der Waals surface area contributed by atoms with Crippen LogP contribution in [0.25, 0.3) is 0 Å². The predicted molar refractivity (Wildman–Crippen MR) is 67.2 cm³/mol. The number of non-ortho nitro benzene ring substituents is 1. The molecule has 7 nitrogen and oxygen atoms in total. The number of nitrogens with zero attached hydrogens (tertiary/aromatic N) is 1. The predicted octanol–water partition coefficient (Wildman–Crippen LogP) is 1.11. The standard InChI is InChI=1S/C10H14N2O5.ClH/c1-17-9-5-6(12(15)16)4-7(10(9)14)8(11)2-3-13;/h4-5,8,13-14H,2-3,11H2,1H3;1H. The van der Waals surface area contributed by atoms with E-state index in [-0.39, 0.29) is 48.2 Å². The Morgan fingerprint density at radius 3 is 2.61 bits per heavy atom. The first-order valence-electron chi connectivity index (χ1n) is 4.93. The molecule has 0 aliphatic rings. The fourth-order valence-electron chi connectivity index (χ4n) is 1.45. The van der Waals surface area contributed by atoms with E-state index < -0.39 is 11.0 Å². The second-order valence-corrected chi connectivity index (χ2v) is 3.46. The van der Waals surface area contributed by atoms with Gasteiger partial charge in [-0.05, 0) is 6.42 Å². The normalized spacial score (nSPS) is 11.5. The number of rotatable bonds is 5.